The fraction of sp³-hybridized carbons (Fsp3) is 1.00. The lowest BCUT2D eigenvalue weighted by Crippen LogP contribution is -2.39. The van der Waals surface area contributed by atoms with Gasteiger partial charge in [-0.15, -0.1) is 0 Å². The second kappa shape index (κ2) is 6.01. The largest absolute Gasteiger partial charge is 0.320 e. The van der Waals surface area contributed by atoms with Crippen LogP contribution >= 0.6 is 0 Å². The molecule has 3 N–H and O–H groups in total. The van der Waals surface area contributed by atoms with E-state index in [2.05, 4.69) is 16.0 Å². The molecule has 0 aliphatic rings. The molecule has 0 spiro atoms. The Bertz CT molecular complexity index is 52.3. The van der Waals surface area contributed by atoms with Crippen LogP contribution in [0.15, 0.2) is 0 Å². The standard InChI is InChI=1S/C6H17N3/c1-7-5-4-6(8-2)9-3/h6-9H,4-5H2,1-3H3. The van der Waals surface area contributed by atoms with E-state index in [1.165, 1.54) is 0 Å². The van der Waals surface area contributed by atoms with Crippen molar-refractivity contribution in [1.29, 1.82) is 0 Å². The lowest BCUT2D eigenvalue weighted by Gasteiger charge is -2.13. The maximum Gasteiger partial charge on any atom is 0.0579 e. The molecule has 3 heteroatoms. The molecule has 0 fully saturated rings. The summed E-state index contributed by atoms with van der Waals surface area (Å²) >= 11 is 0. The normalized spacial score (nSPS) is 10.7. The van der Waals surface area contributed by atoms with Crippen LogP contribution in [0.3, 0.4) is 0 Å². The summed E-state index contributed by atoms with van der Waals surface area (Å²) < 4.78 is 0. The zero-order valence-corrected chi connectivity index (χ0v) is 6.49. The summed E-state index contributed by atoms with van der Waals surface area (Å²) in [6, 6.07) is 0. The Morgan fingerprint density at radius 3 is 2.00 bits per heavy atom. The van der Waals surface area contributed by atoms with E-state index in [1.54, 1.807) is 0 Å². The highest BCUT2D eigenvalue weighted by molar-refractivity contribution is 4.58. The molecule has 0 aliphatic carbocycles. The van der Waals surface area contributed by atoms with Crippen molar-refractivity contribution < 1.29 is 0 Å². The molecule has 0 saturated carbocycles. The molecule has 0 aliphatic heterocycles. The van der Waals surface area contributed by atoms with Gasteiger partial charge in [0, 0.05) is 0 Å². The van der Waals surface area contributed by atoms with E-state index in [9.17, 15) is 0 Å². The van der Waals surface area contributed by atoms with E-state index in [4.69, 9.17) is 0 Å². The topological polar surface area (TPSA) is 36.1 Å². The fourth-order valence-corrected chi connectivity index (χ4v) is 0.722. The van der Waals surface area contributed by atoms with Gasteiger partial charge in [0.2, 0.25) is 0 Å². The van der Waals surface area contributed by atoms with Crippen LogP contribution in [0.2, 0.25) is 0 Å². The Hall–Kier alpha value is -0.120. The van der Waals surface area contributed by atoms with Gasteiger partial charge in [-0.3, -0.25) is 0 Å². The molecule has 0 aromatic heterocycles. The molecule has 0 amide bonds. The van der Waals surface area contributed by atoms with Gasteiger partial charge in [0.1, 0.15) is 0 Å². The maximum atomic E-state index is 3.14. The van der Waals surface area contributed by atoms with Gasteiger partial charge in [-0.2, -0.15) is 0 Å². The van der Waals surface area contributed by atoms with Gasteiger partial charge in [-0.1, -0.05) is 0 Å². The zero-order chi connectivity index (χ0) is 7.11. The average molecular weight is 131 g/mol. The SMILES string of the molecule is CNCCC(NC)NC. The minimum absolute atomic E-state index is 0.442. The first-order chi connectivity index (χ1) is 4.35. The second-order valence-corrected chi connectivity index (χ2v) is 2.02. The van der Waals surface area contributed by atoms with Crippen LogP contribution in [-0.2, 0) is 0 Å². The van der Waals surface area contributed by atoms with Crippen molar-refractivity contribution in [2.24, 2.45) is 0 Å². The second-order valence-electron chi connectivity index (χ2n) is 2.02. The smallest absolute Gasteiger partial charge is 0.0579 e. The lowest BCUT2D eigenvalue weighted by molar-refractivity contribution is 0.455. The van der Waals surface area contributed by atoms with E-state index >= 15 is 0 Å². The summed E-state index contributed by atoms with van der Waals surface area (Å²) in [5.41, 5.74) is 0. The number of hydrogen-bond donors (Lipinski definition) is 3. The summed E-state index contributed by atoms with van der Waals surface area (Å²) in [7, 11) is 5.87. The summed E-state index contributed by atoms with van der Waals surface area (Å²) in [5.74, 6) is 0. The first kappa shape index (κ1) is 8.88. The van der Waals surface area contributed by atoms with Crippen molar-refractivity contribution in [3.8, 4) is 0 Å². The summed E-state index contributed by atoms with van der Waals surface area (Å²) in [6.07, 6.45) is 1.56. The molecule has 0 aromatic carbocycles. The first-order valence-electron chi connectivity index (χ1n) is 3.34. The highest BCUT2D eigenvalue weighted by Gasteiger charge is 1.97. The highest BCUT2D eigenvalue weighted by atomic mass is 15.1. The van der Waals surface area contributed by atoms with Crippen molar-refractivity contribution in [3.05, 3.63) is 0 Å². The Morgan fingerprint density at radius 2 is 1.67 bits per heavy atom. The molecular formula is C6H17N3. The van der Waals surface area contributed by atoms with E-state index < -0.39 is 0 Å². The first-order valence-corrected chi connectivity index (χ1v) is 3.34. The molecule has 0 rings (SSSR count). The number of hydrogen-bond acceptors (Lipinski definition) is 3. The van der Waals surface area contributed by atoms with Gasteiger partial charge in [0.05, 0.1) is 6.17 Å². The Balaban J connectivity index is 3.09. The molecule has 0 aromatic rings. The average Bonchev–Trinajstić information content (AvgIpc) is 1.91. The van der Waals surface area contributed by atoms with Crippen molar-refractivity contribution in [2.75, 3.05) is 27.7 Å². The van der Waals surface area contributed by atoms with E-state index in [-0.39, 0.29) is 0 Å². The van der Waals surface area contributed by atoms with Gasteiger partial charge < -0.3 is 16.0 Å². The predicted octanol–water partition coefficient (Wildman–Crippen LogP) is -0.639. The third-order valence-electron chi connectivity index (χ3n) is 1.38. The molecule has 9 heavy (non-hydrogen) atoms. The van der Waals surface area contributed by atoms with Crippen LogP contribution in [0.25, 0.3) is 0 Å². The fourth-order valence-electron chi connectivity index (χ4n) is 0.722. The van der Waals surface area contributed by atoms with Crippen LogP contribution in [0.5, 0.6) is 0 Å². The molecule has 56 valence electrons. The predicted molar refractivity (Wildman–Crippen MR) is 40.5 cm³/mol. The zero-order valence-electron chi connectivity index (χ0n) is 6.49. The Kier molecular flexibility index (Phi) is 5.93. The van der Waals surface area contributed by atoms with Gasteiger partial charge in [0.25, 0.3) is 0 Å². The minimum Gasteiger partial charge on any atom is -0.320 e. The summed E-state index contributed by atoms with van der Waals surface area (Å²) in [5, 5.41) is 9.36. The van der Waals surface area contributed by atoms with Crippen molar-refractivity contribution in [1.82, 2.24) is 16.0 Å². The molecule has 0 radical (unpaired) electrons. The van der Waals surface area contributed by atoms with Crippen LogP contribution in [0, 0.1) is 0 Å². The summed E-state index contributed by atoms with van der Waals surface area (Å²) in [4.78, 5) is 0. The third kappa shape index (κ3) is 4.39. The van der Waals surface area contributed by atoms with Gasteiger partial charge in [-0.25, -0.2) is 0 Å². The van der Waals surface area contributed by atoms with Gasteiger partial charge in [0.15, 0.2) is 0 Å². The third-order valence-corrected chi connectivity index (χ3v) is 1.38. The van der Waals surface area contributed by atoms with E-state index in [0.717, 1.165) is 13.0 Å². The molecule has 0 heterocycles. The van der Waals surface area contributed by atoms with Crippen molar-refractivity contribution >= 4 is 0 Å². The molecule has 0 saturated heterocycles. The lowest BCUT2D eigenvalue weighted by atomic mass is 10.3. The number of rotatable bonds is 5. The van der Waals surface area contributed by atoms with E-state index in [0.29, 0.717) is 6.17 Å². The van der Waals surface area contributed by atoms with Crippen LogP contribution in [-0.4, -0.2) is 33.9 Å². The number of nitrogens with one attached hydrogen (secondary N) is 3. The van der Waals surface area contributed by atoms with Crippen molar-refractivity contribution in [2.45, 2.75) is 12.6 Å². The van der Waals surface area contributed by atoms with E-state index in [1.807, 2.05) is 21.1 Å². The van der Waals surface area contributed by atoms with Crippen LogP contribution < -0.4 is 16.0 Å². The van der Waals surface area contributed by atoms with Crippen molar-refractivity contribution in [3.63, 3.8) is 0 Å². The monoisotopic (exact) mass is 131 g/mol. The Morgan fingerprint density at radius 1 is 1.11 bits per heavy atom. The van der Waals surface area contributed by atoms with Crippen LogP contribution in [0.4, 0.5) is 0 Å². The quantitative estimate of drug-likeness (QED) is 0.434. The molecule has 3 nitrogen and oxygen atoms in total. The molecule has 0 atom stereocenters. The Labute approximate surface area is 57.2 Å². The van der Waals surface area contributed by atoms with Gasteiger partial charge >= 0.3 is 0 Å². The minimum atomic E-state index is 0.442. The maximum absolute atomic E-state index is 3.14. The highest BCUT2D eigenvalue weighted by Crippen LogP contribution is 1.80. The van der Waals surface area contributed by atoms with Crippen LogP contribution in [0.1, 0.15) is 6.42 Å². The van der Waals surface area contributed by atoms with Gasteiger partial charge in [-0.05, 0) is 34.1 Å². The molecular weight excluding hydrogens is 114 g/mol. The molecule has 0 unspecified atom stereocenters. The molecule has 0 bridgehead atoms. The summed E-state index contributed by atoms with van der Waals surface area (Å²) in [6.45, 7) is 1.05.